The van der Waals surface area contributed by atoms with Crippen molar-refractivity contribution in [2.24, 2.45) is 0 Å². The van der Waals surface area contributed by atoms with E-state index in [0.29, 0.717) is 0 Å². The van der Waals surface area contributed by atoms with Crippen LogP contribution in [0.15, 0.2) is 91.0 Å². The Kier molecular flexibility index (Phi) is 6.39. The van der Waals surface area contributed by atoms with Crippen molar-refractivity contribution >= 4 is 5.91 Å². The number of amides is 1. The molecule has 0 saturated carbocycles. The largest absolute Gasteiger partial charge is 0.347 e. The molecule has 0 saturated heterocycles. The van der Waals surface area contributed by atoms with E-state index in [-0.39, 0.29) is 11.9 Å². The van der Waals surface area contributed by atoms with Crippen molar-refractivity contribution in [2.75, 3.05) is 14.1 Å². The maximum Gasteiger partial charge on any atom is 0.243 e. The fourth-order valence-electron chi connectivity index (χ4n) is 3.22. The average Bonchev–Trinajstić information content (AvgIpc) is 2.72. The van der Waals surface area contributed by atoms with Gasteiger partial charge in [0.1, 0.15) is 6.04 Å². The summed E-state index contributed by atoms with van der Waals surface area (Å²) in [5, 5.41) is 3.63. The molecule has 0 aromatic heterocycles. The minimum Gasteiger partial charge on any atom is -0.347 e. The Balaban J connectivity index is 1.93. The molecular weight excluding hydrogens is 332 g/mol. The lowest BCUT2D eigenvalue weighted by Crippen LogP contribution is -2.39. The van der Waals surface area contributed by atoms with Crippen LogP contribution in [0.5, 0.6) is 0 Å². The van der Waals surface area contributed by atoms with Gasteiger partial charge in [-0.3, -0.25) is 10.1 Å². The minimum absolute atomic E-state index is 0.0303. The Hall–Kier alpha value is -2.91. The van der Waals surface area contributed by atoms with Crippen LogP contribution in [0, 0.1) is 0 Å². The predicted molar refractivity (Wildman–Crippen MR) is 110 cm³/mol. The first-order chi connectivity index (χ1) is 13.1. The highest BCUT2D eigenvalue weighted by atomic mass is 16.2. The normalized spacial score (nSPS) is 13.0. The van der Waals surface area contributed by atoms with E-state index in [1.165, 1.54) is 11.1 Å². The number of carbonyl (C=O) groups excluding carboxylic acids is 1. The quantitative estimate of drug-likeness (QED) is 0.679. The molecule has 3 heteroatoms. The molecule has 0 fully saturated rings. The molecule has 0 spiro atoms. The number of rotatable bonds is 7. The fourth-order valence-corrected chi connectivity index (χ4v) is 3.22. The van der Waals surface area contributed by atoms with Gasteiger partial charge in [0.15, 0.2) is 0 Å². The van der Waals surface area contributed by atoms with E-state index in [2.05, 4.69) is 41.7 Å². The monoisotopic (exact) mass is 358 g/mol. The second-order valence-electron chi connectivity index (χ2n) is 6.90. The number of carbonyl (C=O) groups is 1. The summed E-state index contributed by atoms with van der Waals surface area (Å²) >= 11 is 0. The minimum atomic E-state index is -0.393. The third kappa shape index (κ3) is 5.05. The molecule has 138 valence electrons. The van der Waals surface area contributed by atoms with Crippen LogP contribution < -0.4 is 5.32 Å². The van der Waals surface area contributed by atoms with Crippen molar-refractivity contribution in [3.63, 3.8) is 0 Å². The summed E-state index contributed by atoms with van der Waals surface area (Å²) in [6.45, 7) is 0. The highest BCUT2D eigenvalue weighted by molar-refractivity contribution is 5.83. The summed E-state index contributed by atoms with van der Waals surface area (Å²) in [7, 11) is 3.60. The number of benzene rings is 3. The maximum absolute atomic E-state index is 12.9. The third-order valence-electron chi connectivity index (χ3n) is 4.67. The molecule has 0 aliphatic carbocycles. The number of nitrogens with one attached hydrogen (secondary N) is 1. The molecule has 2 unspecified atom stereocenters. The van der Waals surface area contributed by atoms with Gasteiger partial charge < -0.3 is 4.90 Å². The zero-order valence-electron chi connectivity index (χ0n) is 15.9. The van der Waals surface area contributed by atoms with Crippen LogP contribution in [0.25, 0.3) is 0 Å². The van der Waals surface area contributed by atoms with Gasteiger partial charge in [0, 0.05) is 20.1 Å². The van der Waals surface area contributed by atoms with E-state index in [1.807, 2.05) is 54.6 Å². The van der Waals surface area contributed by atoms with Gasteiger partial charge in [-0.2, -0.15) is 0 Å². The number of hydrogen-bond donors (Lipinski definition) is 1. The molecule has 1 amide bonds. The molecule has 3 aromatic rings. The number of likely N-dealkylation sites (N-methyl/N-ethyl adjacent to an activating group) is 1. The average molecular weight is 358 g/mol. The fraction of sp³-hybridized carbons (Fsp3) is 0.208. The van der Waals surface area contributed by atoms with E-state index < -0.39 is 6.04 Å². The maximum atomic E-state index is 12.9. The Bertz CT molecular complexity index is 832. The molecule has 0 radical (unpaired) electrons. The van der Waals surface area contributed by atoms with Crippen LogP contribution in [-0.4, -0.2) is 24.9 Å². The summed E-state index contributed by atoms with van der Waals surface area (Å²) in [5.74, 6) is 0.0511. The van der Waals surface area contributed by atoms with Crippen LogP contribution in [-0.2, 0) is 11.2 Å². The van der Waals surface area contributed by atoms with Gasteiger partial charge in [0.2, 0.25) is 5.91 Å². The van der Waals surface area contributed by atoms with Crippen LogP contribution in [0.3, 0.4) is 0 Å². The lowest BCUT2D eigenvalue weighted by Gasteiger charge is -2.28. The third-order valence-corrected chi connectivity index (χ3v) is 4.67. The number of hydrogen-bond acceptors (Lipinski definition) is 2. The van der Waals surface area contributed by atoms with Gasteiger partial charge in [0.25, 0.3) is 0 Å². The summed E-state index contributed by atoms with van der Waals surface area (Å²) in [5.41, 5.74) is 3.39. The lowest BCUT2D eigenvalue weighted by atomic mass is 9.96. The second kappa shape index (κ2) is 9.15. The van der Waals surface area contributed by atoms with E-state index in [4.69, 9.17) is 0 Å². The summed E-state index contributed by atoms with van der Waals surface area (Å²) < 4.78 is 0. The van der Waals surface area contributed by atoms with Crippen molar-refractivity contribution < 1.29 is 4.79 Å². The lowest BCUT2D eigenvalue weighted by molar-refractivity contribution is -0.131. The van der Waals surface area contributed by atoms with Gasteiger partial charge in [0.05, 0.1) is 0 Å². The van der Waals surface area contributed by atoms with Gasteiger partial charge in [-0.05, 0) is 23.1 Å². The molecule has 27 heavy (non-hydrogen) atoms. The van der Waals surface area contributed by atoms with Gasteiger partial charge in [-0.15, -0.1) is 0 Å². The summed E-state index contributed by atoms with van der Waals surface area (Å²) in [4.78, 5) is 14.6. The molecule has 2 atom stereocenters. The molecule has 0 aliphatic rings. The highest BCUT2D eigenvalue weighted by Crippen LogP contribution is 2.24. The Labute approximate surface area is 161 Å². The second-order valence-corrected chi connectivity index (χ2v) is 6.90. The molecular formula is C24H26N2O. The van der Waals surface area contributed by atoms with E-state index >= 15 is 0 Å². The van der Waals surface area contributed by atoms with Crippen molar-refractivity contribution in [3.05, 3.63) is 108 Å². The van der Waals surface area contributed by atoms with Crippen LogP contribution in [0.1, 0.15) is 28.8 Å². The Morgan fingerprint density at radius 2 is 1.26 bits per heavy atom. The van der Waals surface area contributed by atoms with E-state index in [9.17, 15) is 4.79 Å². The van der Waals surface area contributed by atoms with E-state index in [0.717, 1.165) is 12.0 Å². The molecule has 3 rings (SSSR count). The standard InChI is InChI=1S/C24H26N2O/c1-26(2)24(27)23(21-16-10-5-11-17-21)25-22(20-14-8-4-9-15-20)18-19-12-6-3-7-13-19/h3-17,22-23,25H,18H2,1-2H3. The van der Waals surface area contributed by atoms with Gasteiger partial charge in [-0.25, -0.2) is 0 Å². The Morgan fingerprint density at radius 1 is 0.778 bits per heavy atom. The van der Waals surface area contributed by atoms with E-state index in [1.54, 1.807) is 19.0 Å². The predicted octanol–water partition coefficient (Wildman–Crippen LogP) is 4.39. The van der Waals surface area contributed by atoms with Crippen LogP contribution in [0.4, 0.5) is 0 Å². The van der Waals surface area contributed by atoms with Crippen molar-refractivity contribution in [1.82, 2.24) is 10.2 Å². The van der Waals surface area contributed by atoms with Gasteiger partial charge in [-0.1, -0.05) is 91.0 Å². The molecule has 1 N–H and O–H groups in total. The topological polar surface area (TPSA) is 32.3 Å². The Morgan fingerprint density at radius 3 is 1.78 bits per heavy atom. The SMILES string of the molecule is CN(C)C(=O)C(NC(Cc1ccccc1)c1ccccc1)c1ccccc1. The molecule has 0 aliphatic heterocycles. The van der Waals surface area contributed by atoms with Crippen molar-refractivity contribution in [1.29, 1.82) is 0 Å². The molecule has 0 heterocycles. The summed E-state index contributed by atoms with van der Waals surface area (Å²) in [6, 6.07) is 30.3. The van der Waals surface area contributed by atoms with Crippen LogP contribution in [0.2, 0.25) is 0 Å². The molecule has 3 nitrogen and oxygen atoms in total. The van der Waals surface area contributed by atoms with Gasteiger partial charge >= 0.3 is 0 Å². The summed E-state index contributed by atoms with van der Waals surface area (Å²) in [6.07, 6.45) is 0.814. The molecule has 3 aromatic carbocycles. The van der Waals surface area contributed by atoms with Crippen molar-refractivity contribution in [2.45, 2.75) is 18.5 Å². The first-order valence-corrected chi connectivity index (χ1v) is 9.26. The van der Waals surface area contributed by atoms with Crippen molar-refractivity contribution in [3.8, 4) is 0 Å². The zero-order valence-corrected chi connectivity index (χ0v) is 15.9. The first kappa shape index (κ1) is 18.9. The highest BCUT2D eigenvalue weighted by Gasteiger charge is 2.26. The zero-order chi connectivity index (χ0) is 19.1. The van der Waals surface area contributed by atoms with Crippen LogP contribution >= 0.6 is 0 Å². The smallest absolute Gasteiger partial charge is 0.243 e. The first-order valence-electron chi connectivity index (χ1n) is 9.26. The number of nitrogens with zero attached hydrogens (tertiary/aromatic N) is 1. The molecule has 0 bridgehead atoms.